The summed E-state index contributed by atoms with van der Waals surface area (Å²) in [5.74, 6) is -4.58. The highest BCUT2D eigenvalue weighted by Gasteiger charge is 2.41. The van der Waals surface area contributed by atoms with Gasteiger partial charge in [-0.1, -0.05) is 19.8 Å². The maximum atomic E-state index is 13.6. The summed E-state index contributed by atoms with van der Waals surface area (Å²) in [5, 5.41) is 0. The summed E-state index contributed by atoms with van der Waals surface area (Å²) in [5.41, 5.74) is -0.914. The molecule has 0 saturated heterocycles. The van der Waals surface area contributed by atoms with Crippen LogP contribution in [0.5, 0.6) is 0 Å². The Hall–Kier alpha value is -1.32. The Morgan fingerprint density at radius 1 is 1.17 bits per heavy atom. The molecule has 0 radical (unpaired) electrons. The van der Waals surface area contributed by atoms with E-state index in [1.54, 1.807) is 0 Å². The lowest BCUT2D eigenvalue weighted by atomic mass is 9.76. The lowest BCUT2D eigenvalue weighted by molar-refractivity contribution is 0.0785. The van der Waals surface area contributed by atoms with Gasteiger partial charge in [0.15, 0.2) is 23.2 Å². The topological polar surface area (TPSA) is 17.1 Å². The van der Waals surface area contributed by atoms with Crippen molar-refractivity contribution < 1.29 is 18.0 Å². The zero-order chi connectivity index (χ0) is 13.3. The largest absolute Gasteiger partial charge is 0.293 e. The van der Waals surface area contributed by atoms with Gasteiger partial charge in [-0.15, -0.1) is 0 Å². The van der Waals surface area contributed by atoms with Crippen LogP contribution in [-0.4, -0.2) is 5.78 Å². The Balaban J connectivity index is 2.43. The van der Waals surface area contributed by atoms with E-state index < -0.39 is 22.9 Å². The van der Waals surface area contributed by atoms with E-state index in [-0.39, 0.29) is 11.3 Å². The maximum Gasteiger partial charge on any atom is 0.195 e. The van der Waals surface area contributed by atoms with Crippen LogP contribution in [0.1, 0.15) is 49.4 Å². The summed E-state index contributed by atoms with van der Waals surface area (Å²) in [6.45, 7) is 1.88. The van der Waals surface area contributed by atoms with E-state index in [0.29, 0.717) is 19.3 Å². The third-order valence-electron chi connectivity index (χ3n) is 4.00. The van der Waals surface area contributed by atoms with Crippen LogP contribution in [0.2, 0.25) is 0 Å². The van der Waals surface area contributed by atoms with Crippen molar-refractivity contribution in [2.24, 2.45) is 5.41 Å². The minimum absolute atomic E-state index is 0.322. The second-order valence-corrected chi connectivity index (χ2v) is 4.89. The lowest BCUT2D eigenvalue weighted by Gasteiger charge is -2.25. The van der Waals surface area contributed by atoms with Gasteiger partial charge in [0, 0.05) is 5.41 Å². The van der Waals surface area contributed by atoms with Gasteiger partial charge in [0.2, 0.25) is 0 Å². The van der Waals surface area contributed by atoms with Crippen LogP contribution in [0.3, 0.4) is 0 Å². The molecule has 1 nitrogen and oxygen atoms in total. The van der Waals surface area contributed by atoms with Crippen molar-refractivity contribution in [1.29, 1.82) is 0 Å². The zero-order valence-corrected chi connectivity index (χ0v) is 10.2. The van der Waals surface area contributed by atoms with E-state index in [1.165, 1.54) is 0 Å². The van der Waals surface area contributed by atoms with Gasteiger partial charge in [0.25, 0.3) is 0 Å². The second kappa shape index (κ2) is 4.75. The molecule has 0 amide bonds. The fourth-order valence-electron chi connectivity index (χ4n) is 2.78. The average molecular weight is 256 g/mol. The molecule has 1 aromatic carbocycles. The molecule has 0 N–H and O–H groups in total. The first kappa shape index (κ1) is 13.1. The number of Topliss-reactive ketones (excluding diaryl/α,β-unsaturated/α-hetero) is 1. The van der Waals surface area contributed by atoms with Gasteiger partial charge in [-0.2, -0.15) is 0 Å². The van der Waals surface area contributed by atoms with Gasteiger partial charge in [0.05, 0.1) is 5.56 Å². The zero-order valence-electron chi connectivity index (χ0n) is 10.2. The summed E-state index contributed by atoms with van der Waals surface area (Å²) >= 11 is 0. The molecule has 0 spiro atoms. The van der Waals surface area contributed by atoms with Gasteiger partial charge >= 0.3 is 0 Å². The Labute approximate surface area is 104 Å². The molecule has 1 saturated carbocycles. The second-order valence-electron chi connectivity index (χ2n) is 4.89. The Morgan fingerprint density at radius 3 is 2.33 bits per heavy atom. The van der Waals surface area contributed by atoms with Gasteiger partial charge < -0.3 is 0 Å². The van der Waals surface area contributed by atoms with Crippen molar-refractivity contribution in [2.45, 2.75) is 39.0 Å². The highest BCUT2D eigenvalue weighted by molar-refractivity contribution is 6.00. The van der Waals surface area contributed by atoms with Crippen molar-refractivity contribution in [2.75, 3.05) is 0 Å². The highest BCUT2D eigenvalue weighted by Crippen LogP contribution is 2.44. The molecule has 0 unspecified atom stereocenters. The SMILES string of the molecule is CCC1(C(=O)c2ccc(F)c(F)c2F)CCCC1. The first-order chi connectivity index (χ1) is 8.52. The molecular weight excluding hydrogens is 241 g/mol. The van der Waals surface area contributed by atoms with Gasteiger partial charge in [0.1, 0.15) is 0 Å². The average Bonchev–Trinajstić information content (AvgIpc) is 2.85. The van der Waals surface area contributed by atoms with Crippen LogP contribution in [-0.2, 0) is 0 Å². The molecule has 0 heterocycles. The minimum atomic E-state index is -1.56. The molecule has 2 rings (SSSR count). The molecular formula is C14H15F3O. The van der Waals surface area contributed by atoms with Crippen molar-refractivity contribution in [3.63, 3.8) is 0 Å². The molecule has 1 aliphatic carbocycles. The fourth-order valence-corrected chi connectivity index (χ4v) is 2.78. The summed E-state index contributed by atoms with van der Waals surface area (Å²) in [7, 11) is 0. The first-order valence-electron chi connectivity index (χ1n) is 6.20. The molecule has 0 aromatic heterocycles. The van der Waals surface area contributed by atoms with Crippen molar-refractivity contribution in [1.82, 2.24) is 0 Å². The summed E-state index contributed by atoms with van der Waals surface area (Å²) in [4.78, 5) is 12.4. The molecule has 18 heavy (non-hydrogen) atoms. The molecule has 1 fully saturated rings. The van der Waals surface area contributed by atoms with Crippen LogP contribution in [0.4, 0.5) is 13.2 Å². The van der Waals surface area contributed by atoms with Gasteiger partial charge in [-0.25, -0.2) is 13.2 Å². The van der Waals surface area contributed by atoms with E-state index in [4.69, 9.17) is 0 Å². The molecule has 1 aliphatic rings. The van der Waals surface area contributed by atoms with Crippen LogP contribution in [0.25, 0.3) is 0 Å². The standard InChI is InChI=1S/C14H15F3O/c1-2-14(7-3-4-8-14)13(18)9-5-6-10(15)12(17)11(9)16/h5-6H,2-4,7-8H2,1H3. The van der Waals surface area contributed by atoms with Crippen molar-refractivity contribution >= 4 is 5.78 Å². The highest BCUT2D eigenvalue weighted by atomic mass is 19.2. The Bertz CT molecular complexity index is 476. The fraction of sp³-hybridized carbons (Fsp3) is 0.500. The molecule has 0 bridgehead atoms. The number of rotatable bonds is 3. The first-order valence-corrected chi connectivity index (χ1v) is 6.20. The van der Waals surface area contributed by atoms with E-state index in [2.05, 4.69) is 0 Å². The smallest absolute Gasteiger partial charge is 0.195 e. The molecule has 4 heteroatoms. The molecule has 1 aromatic rings. The van der Waals surface area contributed by atoms with Crippen molar-refractivity contribution in [3.05, 3.63) is 35.1 Å². The van der Waals surface area contributed by atoms with Gasteiger partial charge in [-0.05, 0) is 31.4 Å². The van der Waals surface area contributed by atoms with E-state index in [1.807, 2.05) is 6.92 Å². The molecule has 98 valence electrons. The number of ketones is 1. The van der Waals surface area contributed by atoms with E-state index in [0.717, 1.165) is 25.0 Å². The monoisotopic (exact) mass is 256 g/mol. The summed E-state index contributed by atoms with van der Waals surface area (Å²) in [6, 6.07) is 1.86. The van der Waals surface area contributed by atoms with Crippen LogP contribution in [0.15, 0.2) is 12.1 Å². The van der Waals surface area contributed by atoms with E-state index >= 15 is 0 Å². The van der Waals surface area contributed by atoms with Crippen LogP contribution >= 0.6 is 0 Å². The molecule has 0 atom stereocenters. The minimum Gasteiger partial charge on any atom is -0.293 e. The number of hydrogen-bond donors (Lipinski definition) is 0. The predicted molar refractivity (Wildman–Crippen MR) is 61.8 cm³/mol. The van der Waals surface area contributed by atoms with Crippen LogP contribution in [0, 0.1) is 22.9 Å². The summed E-state index contributed by atoms with van der Waals surface area (Å²) in [6.07, 6.45) is 3.83. The number of carbonyl (C=O) groups excluding carboxylic acids is 1. The third-order valence-corrected chi connectivity index (χ3v) is 4.00. The normalized spacial score (nSPS) is 18.0. The van der Waals surface area contributed by atoms with Crippen LogP contribution < -0.4 is 0 Å². The summed E-state index contributed by atoms with van der Waals surface area (Å²) < 4.78 is 39.7. The number of carbonyl (C=O) groups is 1. The number of benzene rings is 1. The van der Waals surface area contributed by atoms with Crippen molar-refractivity contribution in [3.8, 4) is 0 Å². The lowest BCUT2D eigenvalue weighted by Crippen LogP contribution is -2.28. The Kier molecular flexibility index (Phi) is 3.46. The maximum absolute atomic E-state index is 13.6. The quantitative estimate of drug-likeness (QED) is 0.583. The number of hydrogen-bond acceptors (Lipinski definition) is 1. The third kappa shape index (κ3) is 1.93. The van der Waals surface area contributed by atoms with E-state index in [9.17, 15) is 18.0 Å². The Morgan fingerprint density at radius 2 is 1.78 bits per heavy atom. The number of halogens is 3. The molecule has 0 aliphatic heterocycles. The predicted octanol–water partition coefficient (Wildman–Crippen LogP) is 4.26. The van der Waals surface area contributed by atoms with Gasteiger partial charge in [-0.3, -0.25) is 4.79 Å².